The number of hydrogen-bond acceptors (Lipinski definition) is 2. The minimum Gasteiger partial charge on any atom is -0.299 e. The highest BCUT2D eigenvalue weighted by molar-refractivity contribution is 5.10. The molecule has 1 saturated carbocycles. The summed E-state index contributed by atoms with van der Waals surface area (Å²) < 4.78 is 0. The largest absolute Gasteiger partial charge is 0.299 e. The maximum Gasteiger partial charge on any atom is 0.0338 e. The van der Waals surface area contributed by atoms with Gasteiger partial charge in [0.15, 0.2) is 0 Å². The molecule has 2 bridgehead atoms. The van der Waals surface area contributed by atoms with Gasteiger partial charge in [-0.2, -0.15) is 0 Å². The van der Waals surface area contributed by atoms with Gasteiger partial charge >= 0.3 is 0 Å². The molecule has 0 radical (unpaired) electrons. The third-order valence-electron chi connectivity index (χ3n) is 3.39. The molecule has 0 amide bonds. The molecule has 3 heterocycles. The van der Waals surface area contributed by atoms with Crippen LogP contribution in [0.3, 0.4) is 0 Å². The first-order chi connectivity index (χ1) is 4.89. The van der Waals surface area contributed by atoms with Crippen LogP contribution >= 0.6 is 0 Å². The highest BCUT2D eigenvalue weighted by atomic mass is 15.4. The molecule has 1 aliphatic carbocycles. The van der Waals surface area contributed by atoms with Gasteiger partial charge < -0.3 is 0 Å². The van der Waals surface area contributed by atoms with Crippen LogP contribution in [0.15, 0.2) is 0 Å². The fraction of sp³-hybridized carbons (Fsp3) is 1.00. The Morgan fingerprint density at radius 1 is 0.900 bits per heavy atom. The first-order valence-corrected chi connectivity index (χ1v) is 4.37. The van der Waals surface area contributed by atoms with Gasteiger partial charge in [-0.05, 0) is 12.8 Å². The second-order valence-corrected chi connectivity index (χ2v) is 3.99. The fourth-order valence-electron chi connectivity index (χ4n) is 2.52. The zero-order valence-corrected chi connectivity index (χ0v) is 6.34. The van der Waals surface area contributed by atoms with E-state index in [1.54, 1.807) is 0 Å². The first-order valence-electron chi connectivity index (χ1n) is 4.37. The molecular weight excluding hydrogens is 124 g/mol. The van der Waals surface area contributed by atoms with Gasteiger partial charge in [0.25, 0.3) is 0 Å². The lowest BCUT2D eigenvalue weighted by Gasteiger charge is -2.48. The molecule has 1 spiro atoms. The molecule has 0 unspecified atom stereocenters. The number of piperazine rings is 3. The Morgan fingerprint density at radius 3 is 1.90 bits per heavy atom. The highest BCUT2D eigenvalue weighted by Gasteiger charge is 2.52. The SMILES string of the molecule is C1CN2CCN1CC21CC1. The second-order valence-electron chi connectivity index (χ2n) is 3.99. The summed E-state index contributed by atoms with van der Waals surface area (Å²) in [5, 5.41) is 0. The molecule has 0 aromatic heterocycles. The molecule has 4 aliphatic rings. The van der Waals surface area contributed by atoms with Crippen LogP contribution in [0.1, 0.15) is 12.8 Å². The molecule has 4 fully saturated rings. The maximum atomic E-state index is 2.72. The Morgan fingerprint density at radius 2 is 1.60 bits per heavy atom. The molecule has 3 aliphatic heterocycles. The molecular formula is C8H14N2. The van der Waals surface area contributed by atoms with Crippen molar-refractivity contribution in [2.75, 3.05) is 32.7 Å². The summed E-state index contributed by atoms with van der Waals surface area (Å²) >= 11 is 0. The van der Waals surface area contributed by atoms with Crippen molar-refractivity contribution in [3.05, 3.63) is 0 Å². The summed E-state index contributed by atoms with van der Waals surface area (Å²) in [6.45, 7) is 6.75. The van der Waals surface area contributed by atoms with Gasteiger partial charge in [0.05, 0.1) is 0 Å². The van der Waals surface area contributed by atoms with Gasteiger partial charge in [-0.1, -0.05) is 0 Å². The Bertz CT molecular complexity index is 155. The fourth-order valence-corrected chi connectivity index (χ4v) is 2.52. The standard InChI is InChI=1S/C8H14N2/c1-2-8(1)7-9-3-5-10(8)6-4-9/h1-7H2. The lowest BCUT2D eigenvalue weighted by molar-refractivity contribution is -0.000557. The lowest BCUT2D eigenvalue weighted by Crippen LogP contribution is -2.62. The maximum absolute atomic E-state index is 2.72. The summed E-state index contributed by atoms with van der Waals surface area (Å²) in [6.07, 6.45) is 2.95. The molecule has 0 aromatic rings. The Hall–Kier alpha value is -0.0800. The van der Waals surface area contributed by atoms with E-state index in [1.807, 2.05) is 0 Å². The minimum absolute atomic E-state index is 0.705. The quantitative estimate of drug-likeness (QED) is 0.470. The predicted octanol–water partition coefficient (Wildman–Crippen LogP) is 0.150. The second kappa shape index (κ2) is 1.56. The molecule has 4 rings (SSSR count). The van der Waals surface area contributed by atoms with Gasteiger partial charge in [0.2, 0.25) is 0 Å². The van der Waals surface area contributed by atoms with E-state index in [0.29, 0.717) is 5.54 Å². The van der Waals surface area contributed by atoms with E-state index < -0.39 is 0 Å². The third kappa shape index (κ3) is 0.565. The van der Waals surface area contributed by atoms with Crippen LogP contribution in [-0.2, 0) is 0 Å². The Labute approximate surface area is 61.8 Å². The average molecular weight is 138 g/mol. The first kappa shape index (κ1) is 5.56. The van der Waals surface area contributed by atoms with Gasteiger partial charge in [0, 0.05) is 38.3 Å². The van der Waals surface area contributed by atoms with Crippen LogP contribution in [0.4, 0.5) is 0 Å². The van der Waals surface area contributed by atoms with Gasteiger partial charge in [-0.3, -0.25) is 9.80 Å². The third-order valence-corrected chi connectivity index (χ3v) is 3.39. The van der Waals surface area contributed by atoms with Crippen molar-refractivity contribution in [2.45, 2.75) is 18.4 Å². The van der Waals surface area contributed by atoms with Crippen molar-refractivity contribution in [1.82, 2.24) is 9.80 Å². The zero-order valence-electron chi connectivity index (χ0n) is 6.34. The normalized spacial score (nSPS) is 48.0. The van der Waals surface area contributed by atoms with Crippen molar-refractivity contribution >= 4 is 0 Å². The summed E-state index contributed by atoms with van der Waals surface area (Å²) in [5.74, 6) is 0. The molecule has 2 nitrogen and oxygen atoms in total. The van der Waals surface area contributed by atoms with Crippen LogP contribution in [-0.4, -0.2) is 48.1 Å². The summed E-state index contributed by atoms with van der Waals surface area (Å²) in [4.78, 5) is 5.35. The minimum atomic E-state index is 0.705. The summed E-state index contributed by atoms with van der Waals surface area (Å²) in [7, 11) is 0. The molecule has 10 heavy (non-hydrogen) atoms. The summed E-state index contributed by atoms with van der Waals surface area (Å²) in [5.41, 5.74) is 0.705. The monoisotopic (exact) mass is 138 g/mol. The van der Waals surface area contributed by atoms with Crippen molar-refractivity contribution in [3.63, 3.8) is 0 Å². The number of fused-ring (bicyclic) bond motifs is 2. The molecule has 56 valence electrons. The van der Waals surface area contributed by atoms with E-state index >= 15 is 0 Å². The topological polar surface area (TPSA) is 6.48 Å². The van der Waals surface area contributed by atoms with E-state index in [1.165, 1.54) is 45.6 Å². The molecule has 0 aromatic carbocycles. The number of rotatable bonds is 0. The Balaban J connectivity index is 1.90. The average Bonchev–Trinajstić information content (AvgIpc) is 2.72. The molecule has 0 N–H and O–H groups in total. The van der Waals surface area contributed by atoms with E-state index in [4.69, 9.17) is 0 Å². The zero-order chi connectivity index (χ0) is 6.60. The van der Waals surface area contributed by atoms with Crippen LogP contribution in [0, 0.1) is 0 Å². The van der Waals surface area contributed by atoms with E-state index in [2.05, 4.69) is 9.80 Å². The van der Waals surface area contributed by atoms with E-state index in [-0.39, 0.29) is 0 Å². The highest BCUT2D eigenvalue weighted by Crippen LogP contribution is 2.45. The molecule has 0 atom stereocenters. The van der Waals surface area contributed by atoms with Crippen LogP contribution in [0.2, 0.25) is 0 Å². The van der Waals surface area contributed by atoms with Crippen molar-refractivity contribution in [1.29, 1.82) is 0 Å². The van der Waals surface area contributed by atoms with E-state index in [9.17, 15) is 0 Å². The lowest BCUT2D eigenvalue weighted by atomic mass is 10.1. The van der Waals surface area contributed by atoms with Crippen LogP contribution in [0.5, 0.6) is 0 Å². The van der Waals surface area contributed by atoms with Crippen LogP contribution < -0.4 is 0 Å². The number of hydrogen-bond donors (Lipinski definition) is 0. The number of nitrogens with zero attached hydrogens (tertiary/aromatic N) is 2. The smallest absolute Gasteiger partial charge is 0.0338 e. The van der Waals surface area contributed by atoms with Gasteiger partial charge in [-0.25, -0.2) is 0 Å². The molecule has 3 saturated heterocycles. The van der Waals surface area contributed by atoms with Crippen LogP contribution in [0.25, 0.3) is 0 Å². The Kier molecular flexibility index (Phi) is 0.868. The van der Waals surface area contributed by atoms with E-state index in [0.717, 1.165) is 0 Å². The van der Waals surface area contributed by atoms with Gasteiger partial charge in [-0.15, -0.1) is 0 Å². The molecule has 2 heteroatoms. The van der Waals surface area contributed by atoms with Crippen molar-refractivity contribution < 1.29 is 0 Å². The van der Waals surface area contributed by atoms with Crippen molar-refractivity contribution in [3.8, 4) is 0 Å². The predicted molar refractivity (Wildman–Crippen MR) is 40.0 cm³/mol. The van der Waals surface area contributed by atoms with Crippen molar-refractivity contribution in [2.24, 2.45) is 0 Å². The van der Waals surface area contributed by atoms with Gasteiger partial charge in [0.1, 0.15) is 0 Å². The summed E-state index contributed by atoms with van der Waals surface area (Å²) in [6, 6.07) is 0.